The first-order valence-corrected chi connectivity index (χ1v) is 6.51. The summed E-state index contributed by atoms with van der Waals surface area (Å²) in [5.74, 6) is -0.276. The van der Waals surface area contributed by atoms with Crippen molar-refractivity contribution in [3.8, 4) is 0 Å². The topological polar surface area (TPSA) is 32.7 Å². The van der Waals surface area contributed by atoms with Crippen LogP contribution in [0.5, 0.6) is 0 Å². The molecule has 1 aliphatic rings. The minimum Gasteiger partial charge on any atom is -0.389 e. The third-order valence-electron chi connectivity index (χ3n) is 3.42. The van der Waals surface area contributed by atoms with Crippen LogP contribution in [0, 0.1) is 5.82 Å². The molecule has 0 aliphatic carbocycles. The molecular formula is C15H20FNO2. The van der Waals surface area contributed by atoms with Gasteiger partial charge in [0.15, 0.2) is 0 Å². The number of hydrogen-bond donors (Lipinski definition) is 1. The fourth-order valence-electron chi connectivity index (χ4n) is 2.43. The summed E-state index contributed by atoms with van der Waals surface area (Å²) in [6.45, 7) is 3.69. The predicted molar refractivity (Wildman–Crippen MR) is 73.8 cm³/mol. The van der Waals surface area contributed by atoms with Crippen LogP contribution in [-0.2, 0) is 4.74 Å². The molecule has 1 N–H and O–H groups in total. The summed E-state index contributed by atoms with van der Waals surface area (Å²) in [7, 11) is 1.68. The van der Waals surface area contributed by atoms with Crippen LogP contribution < -0.4 is 4.90 Å². The van der Waals surface area contributed by atoms with Gasteiger partial charge in [0.2, 0.25) is 0 Å². The van der Waals surface area contributed by atoms with Crippen LogP contribution >= 0.6 is 0 Å². The summed E-state index contributed by atoms with van der Waals surface area (Å²) < 4.78 is 19.1. The van der Waals surface area contributed by atoms with E-state index in [-0.39, 0.29) is 5.82 Å². The van der Waals surface area contributed by atoms with E-state index in [2.05, 4.69) is 6.08 Å². The van der Waals surface area contributed by atoms with E-state index in [1.54, 1.807) is 26.2 Å². The second kappa shape index (κ2) is 6.17. The normalized spacial score (nSPS) is 17.3. The number of anilines is 1. The highest BCUT2D eigenvalue weighted by molar-refractivity contribution is 5.57. The minimum atomic E-state index is -0.671. The van der Waals surface area contributed by atoms with Crippen molar-refractivity contribution in [2.24, 2.45) is 0 Å². The highest BCUT2D eigenvalue weighted by Crippen LogP contribution is 2.31. The standard InChI is InChI=1S/C15H20FNO2/c1-11(18)13-4-3-5-14(16)15(13)17-8-6-12(7-9-17)10-19-2/h3-6,11,18H,7-10H2,1-2H3/t11-/m1/s1. The molecule has 2 rings (SSSR count). The van der Waals surface area contributed by atoms with Gasteiger partial charge in [-0.1, -0.05) is 18.2 Å². The molecule has 0 radical (unpaired) electrons. The minimum absolute atomic E-state index is 0.276. The van der Waals surface area contributed by atoms with E-state index in [0.717, 1.165) is 13.0 Å². The third kappa shape index (κ3) is 3.14. The van der Waals surface area contributed by atoms with Gasteiger partial charge in [0.25, 0.3) is 0 Å². The molecule has 1 aliphatic heterocycles. The molecule has 0 spiro atoms. The highest BCUT2D eigenvalue weighted by Gasteiger charge is 2.20. The molecule has 0 bridgehead atoms. The molecule has 1 atom stereocenters. The van der Waals surface area contributed by atoms with Gasteiger partial charge in [-0.05, 0) is 25.0 Å². The Hall–Kier alpha value is -1.39. The Morgan fingerprint density at radius 1 is 1.47 bits per heavy atom. The Kier molecular flexibility index (Phi) is 4.56. The average Bonchev–Trinajstić information content (AvgIpc) is 2.40. The molecule has 4 heteroatoms. The molecule has 0 saturated carbocycles. The summed E-state index contributed by atoms with van der Waals surface area (Å²) in [6.07, 6.45) is 2.27. The number of hydrogen-bond acceptors (Lipinski definition) is 3. The van der Waals surface area contributed by atoms with E-state index in [1.807, 2.05) is 4.90 Å². The van der Waals surface area contributed by atoms with Crippen molar-refractivity contribution in [1.82, 2.24) is 0 Å². The fraction of sp³-hybridized carbons (Fsp3) is 0.467. The molecule has 1 aromatic rings. The lowest BCUT2D eigenvalue weighted by Crippen LogP contribution is -2.31. The maximum absolute atomic E-state index is 14.0. The smallest absolute Gasteiger partial charge is 0.146 e. The number of rotatable bonds is 4. The Morgan fingerprint density at radius 2 is 2.26 bits per heavy atom. The molecule has 1 aromatic carbocycles. The predicted octanol–water partition coefficient (Wildman–Crippen LogP) is 2.66. The number of benzene rings is 1. The van der Waals surface area contributed by atoms with Crippen LogP contribution in [0.1, 0.15) is 25.0 Å². The molecule has 0 unspecified atom stereocenters. The summed E-state index contributed by atoms with van der Waals surface area (Å²) in [5, 5.41) is 9.77. The Bertz CT molecular complexity index is 471. The van der Waals surface area contributed by atoms with Crippen molar-refractivity contribution < 1.29 is 14.2 Å². The number of aliphatic hydroxyl groups is 1. The Labute approximate surface area is 113 Å². The molecule has 19 heavy (non-hydrogen) atoms. The Balaban J connectivity index is 2.24. The van der Waals surface area contributed by atoms with Gasteiger partial charge < -0.3 is 14.7 Å². The molecule has 0 fully saturated rings. The summed E-state index contributed by atoms with van der Waals surface area (Å²) in [4.78, 5) is 1.97. The number of aliphatic hydroxyl groups excluding tert-OH is 1. The van der Waals surface area contributed by atoms with Crippen LogP contribution in [0.2, 0.25) is 0 Å². The zero-order chi connectivity index (χ0) is 13.8. The first-order chi connectivity index (χ1) is 9.13. The zero-order valence-corrected chi connectivity index (χ0v) is 11.4. The molecule has 0 amide bonds. The lowest BCUT2D eigenvalue weighted by atomic mass is 10.0. The maximum atomic E-state index is 14.0. The van der Waals surface area contributed by atoms with E-state index in [0.29, 0.717) is 24.4 Å². The largest absolute Gasteiger partial charge is 0.389 e. The van der Waals surface area contributed by atoms with Crippen molar-refractivity contribution >= 4 is 5.69 Å². The van der Waals surface area contributed by atoms with Crippen LogP contribution in [0.4, 0.5) is 10.1 Å². The number of methoxy groups -OCH3 is 1. The summed E-state index contributed by atoms with van der Waals surface area (Å²) in [5.41, 5.74) is 2.41. The maximum Gasteiger partial charge on any atom is 0.146 e. The van der Waals surface area contributed by atoms with E-state index in [1.165, 1.54) is 11.6 Å². The second-order valence-electron chi connectivity index (χ2n) is 4.85. The van der Waals surface area contributed by atoms with Crippen LogP contribution in [0.3, 0.4) is 0 Å². The van der Waals surface area contributed by atoms with Crippen LogP contribution in [0.15, 0.2) is 29.8 Å². The monoisotopic (exact) mass is 265 g/mol. The first-order valence-electron chi connectivity index (χ1n) is 6.51. The van der Waals surface area contributed by atoms with Gasteiger partial charge in [0.1, 0.15) is 5.82 Å². The molecule has 0 saturated heterocycles. The number of para-hydroxylation sites is 1. The number of nitrogens with zero attached hydrogens (tertiary/aromatic N) is 1. The number of halogens is 1. The first kappa shape index (κ1) is 14.0. The quantitative estimate of drug-likeness (QED) is 0.850. The van der Waals surface area contributed by atoms with E-state index < -0.39 is 6.10 Å². The van der Waals surface area contributed by atoms with E-state index in [9.17, 15) is 9.50 Å². The average molecular weight is 265 g/mol. The van der Waals surface area contributed by atoms with Crippen molar-refractivity contribution in [1.29, 1.82) is 0 Å². The molecule has 1 heterocycles. The van der Waals surface area contributed by atoms with Gasteiger partial charge in [-0.25, -0.2) is 4.39 Å². The van der Waals surface area contributed by atoms with Gasteiger partial charge >= 0.3 is 0 Å². The SMILES string of the molecule is COCC1=CCN(c2c(F)cccc2[C@@H](C)O)CC1. The second-order valence-corrected chi connectivity index (χ2v) is 4.85. The molecule has 3 nitrogen and oxygen atoms in total. The van der Waals surface area contributed by atoms with E-state index in [4.69, 9.17) is 4.74 Å². The zero-order valence-electron chi connectivity index (χ0n) is 11.4. The fourth-order valence-corrected chi connectivity index (χ4v) is 2.43. The van der Waals surface area contributed by atoms with Gasteiger partial charge in [-0.2, -0.15) is 0 Å². The van der Waals surface area contributed by atoms with Crippen molar-refractivity contribution in [2.75, 3.05) is 31.7 Å². The lowest BCUT2D eigenvalue weighted by molar-refractivity contribution is 0.199. The Morgan fingerprint density at radius 3 is 2.84 bits per heavy atom. The van der Waals surface area contributed by atoms with E-state index >= 15 is 0 Å². The summed E-state index contributed by atoms with van der Waals surface area (Å²) >= 11 is 0. The number of ether oxygens (including phenoxy) is 1. The van der Waals surface area contributed by atoms with Gasteiger partial charge in [-0.3, -0.25) is 0 Å². The van der Waals surface area contributed by atoms with Gasteiger partial charge in [0, 0.05) is 25.8 Å². The van der Waals surface area contributed by atoms with Crippen molar-refractivity contribution in [3.63, 3.8) is 0 Å². The molecular weight excluding hydrogens is 245 g/mol. The summed E-state index contributed by atoms with van der Waals surface area (Å²) in [6, 6.07) is 4.85. The van der Waals surface area contributed by atoms with Crippen molar-refractivity contribution in [2.45, 2.75) is 19.4 Å². The lowest BCUT2D eigenvalue weighted by Gasteiger charge is -2.31. The molecule has 0 aromatic heterocycles. The van der Waals surface area contributed by atoms with Crippen LogP contribution in [0.25, 0.3) is 0 Å². The van der Waals surface area contributed by atoms with Gasteiger partial charge in [-0.15, -0.1) is 0 Å². The third-order valence-corrected chi connectivity index (χ3v) is 3.42. The van der Waals surface area contributed by atoms with Crippen molar-refractivity contribution in [3.05, 3.63) is 41.2 Å². The van der Waals surface area contributed by atoms with Gasteiger partial charge in [0.05, 0.1) is 18.4 Å². The highest BCUT2D eigenvalue weighted by atomic mass is 19.1. The van der Waals surface area contributed by atoms with Crippen LogP contribution in [-0.4, -0.2) is 31.9 Å². The molecule has 104 valence electrons.